The number of rotatable bonds is 9. The fourth-order valence-electron chi connectivity index (χ4n) is 2.76. The number of nitrogens with zero attached hydrogens (tertiary/aromatic N) is 2. The molecule has 0 bridgehead atoms. The molecule has 2 N–H and O–H groups in total. The van der Waals surface area contributed by atoms with Crippen LogP contribution in [0.5, 0.6) is 17.4 Å². The van der Waals surface area contributed by atoms with Crippen molar-refractivity contribution in [3.05, 3.63) is 70.3 Å². The summed E-state index contributed by atoms with van der Waals surface area (Å²) in [7, 11) is 0. The summed E-state index contributed by atoms with van der Waals surface area (Å²) in [5.41, 5.74) is 1.86. The van der Waals surface area contributed by atoms with E-state index in [-0.39, 0.29) is 12.4 Å². The van der Waals surface area contributed by atoms with Crippen LogP contribution in [0.4, 0.5) is 0 Å². The molecule has 8 heteroatoms. The molecule has 0 radical (unpaired) electrons. The van der Waals surface area contributed by atoms with Crippen LogP contribution in [-0.2, 0) is 0 Å². The molecule has 0 saturated heterocycles. The van der Waals surface area contributed by atoms with E-state index in [1.165, 1.54) is 0 Å². The smallest absolute Gasteiger partial charge is 0.266 e. The Balaban J connectivity index is 1.48. The van der Waals surface area contributed by atoms with Crippen LogP contribution in [0.15, 0.2) is 53.5 Å². The molecule has 2 aromatic heterocycles. The third-order valence-corrected chi connectivity index (χ3v) is 4.27. The highest BCUT2D eigenvalue weighted by atomic mass is 16.6. The lowest BCUT2D eigenvalue weighted by molar-refractivity contribution is 0.0984. The fraction of sp³-hybridized carbons (Fsp3) is 0.227. The number of aromatic amines is 1. The van der Waals surface area contributed by atoms with E-state index in [0.717, 1.165) is 11.1 Å². The number of hydrogen-bond donors (Lipinski definition) is 2. The molecule has 0 aliphatic rings. The van der Waals surface area contributed by atoms with Crippen LogP contribution in [0.25, 0.3) is 11.1 Å². The Morgan fingerprint density at radius 3 is 2.40 bits per heavy atom. The van der Waals surface area contributed by atoms with Crippen molar-refractivity contribution in [1.29, 1.82) is 5.26 Å². The van der Waals surface area contributed by atoms with Crippen molar-refractivity contribution in [2.24, 2.45) is 0 Å². The van der Waals surface area contributed by atoms with Gasteiger partial charge in [-0.1, -0.05) is 0 Å². The van der Waals surface area contributed by atoms with E-state index in [4.69, 9.17) is 24.6 Å². The molecule has 3 rings (SSSR count). The van der Waals surface area contributed by atoms with Crippen molar-refractivity contribution < 1.29 is 19.3 Å². The van der Waals surface area contributed by atoms with Crippen molar-refractivity contribution in [2.45, 2.75) is 13.3 Å². The molecule has 0 aliphatic carbocycles. The van der Waals surface area contributed by atoms with Gasteiger partial charge in [-0.05, 0) is 43.3 Å². The molecule has 2 heterocycles. The van der Waals surface area contributed by atoms with Crippen molar-refractivity contribution in [2.75, 3.05) is 20.0 Å². The zero-order chi connectivity index (χ0) is 21.3. The molecule has 3 aromatic rings. The van der Waals surface area contributed by atoms with Crippen LogP contribution in [0, 0.1) is 18.3 Å². The second kappa shape index (κ2) is 10.1. The number of aliphatic hydroxyl groups is 1. The average Bonchev–Trinajstić information content (AvgIpc) is 2.76. The van der Waals surface area contributed by atoms with E-state index >= 15 is 0 Å². The van der Waals surface area contributed by atoms with Gasteiger partial charge in [0.1, 0.15) is 23.1 Å². The number of pyridine rings is 2. The Hall–Kier alpha value is -3.83. The van der Waals surface area contributed by atoms with E-state index in [2.05, 4.69) is 9.97 Å². The molecule has 0 fully saturated rings. The molecule has 30 heavy (non-hydrogen) atoms. The predicted octanol–water partition coefficient (Wildman–Crippen LogP) is 2.79. The number of hydrogen-bond acceptors (Lipinski definition) is 7. The minimum absolute atomic E-state index is 0.0616. The Bertz CT molecular complexity index is 1070. The topological polar surface area (TPSA) is 117 Å². The van der Waals surface area contributed by atoms with E-state index in [1.807, 2.05) is 12.1 Å². The maximum absolute atomic E-state index is 11.7. The number of benzene rings is 1. The van der Waals surface area contributed by atoms with Crippen LogP contribution in [-0.4, -0.2) is 35.1 Å². The minimum atomic E-state index is -0.400. The van der Waals surface area contributed by atoms with Crippen LogP contribution in [0.1, 0.15) is 17.7 Å². The summed E-state index contributed by atoms with van der Waals surface area (Å²) in [6, 6.07) is 14.0. The minimum Gasteiger partial charge on any atom is -0.493 e. The highest BCUT2D eigenvalue weighted by molar-refractivity contribution is 5.66. The van der Waals surface area contributed by atoms with Gasteiger partial charge in [-0.25, -0.2) is 4.98 Å². The second-order valence-electron chi connectivity index (χ2n) is 6.34. The average molecular weight is 407 g/mol. The van der Waals surface area contributed by atoms with Gasteiger partial charge in [0, 0.05) is 35.5 Å². The van der Waals surface area contributed by atoms with Crippen molar-refractivity contribution in [3.8, 4) is 34.6 Å². The highest BCUT2D eigenvalue weighted by Crippen LogP contribution is 2.23. The van der Waals surface area contributed by atoms with Crippen molar-refractivity contribution >= 4 is 0 Å². The summed E-state index contributed by atoms with van der Waals surface area (Å²) in [5.74, 6) is 1.76. The third-order valence-electron chi connectivity index (χ3n) is 4.27. The Kier molecular flexibility index (Phi) is 7.03. The van der Waals surface area contributed by atoms with Crippen molar-refractivity contribution in [3.63, 3.8) is 0 Å². The number of aromatic nitrogens is 2. The van der Waals surface area contributed by atoms with Gasteiger partial charge in [0.25, 0.3) is 5.56 Å². The molecular weight excluding hydrogens is 386 g/mol. The molecular formula is C22H21N3O5. The van der Waals surface area contributed by atoms with Gasteiger partial charge in [0.05, 0.1) is 13.2 Å². The first-order valence-electron chi connectivity index (χ1n) is 9.30. The zero-order valence-electron chi connectivity index (χ0n) is 16.4. The molecule has 0 unspecified atom stereocenters. The predicted molar refractivity (Wildman–Crippen MR) is 110 cm³/mol. The van der Waals surface area contributed by atoms with E-state index in [0.29, 0.717) is 42.7 Å². The first-order chi connectivity index (χ1) is 14.6. The monoisotopic (exact) mass is 407 g/mol. The summed E-state index contributed by atoms with van der Waals surface area (Å²) >= 11 is 0. The van der Waals surface area contributed by atoms with Crippen LogP contribution in [0.2, 0.25) is 0 Å². The molecule has 154 valence electrons. The number of H-pyrrole nitrogens is 1. The largest absolute Gasteiger partial charge is 0.493 e. The number of aliphatic hydroxyl groups excluding tert-OH is 1. The maximum atomic E-state index is 11.7. The first kappa shape index (κ1) is 20.9. The van der Waals surface area contributed by atoms with Crippen LogP contribution >= 0.6 is 0 Å². The maximum Gasteiger partial charge on any atom is 0.266 e. The third kappa shape index (κ3) is 5.37. The Labute approximate surface area is 173 Å². The van der Waals surface area contributed by atoms with Gasteiger partial charge < -0.3 is 24.3 Å². The van der Waals surface area contributed by atoms with E-state index in [1.54, 1.807) is 49.5 Å². The van der Waals surface area contributed by atoms with E-state index in [9.17, 15) is 4.79 Å². The summed E-state index contributed by atoms with van der Waals surface area (Å²) in [4.78, 5) is 18.6. The molecule has 8 nitrogen and oxygen atoms in total. The fourth-order valence-corrected chi connectivity index (χ4v) is 2.76. The van der Waals surface area contributed by atoms with Crippen LogP contribution < -0.4 is 19.8 Å². The molecule has 0 amide bonds. The number of nitriles is 1. The van der Waals surface area contributed by atoms with Gasteiger partial charge in [0.2, 0.25) is 5.88 Å². The van der Waals surface area contributed by atoms with Crippen LogP contribution in [0.3, 0.4) is 0 Å². The number of ether oxygens (including phenoxy) is 3. The lowest BCUT2D eigenvalue weighted by Crippen LogP contribution is -2.12. The first-order valence-corrected chi connectivity index (χ1v) is 9.30. The van der Waals surface area contributed by atoms with Gasteiger partial charge in [-0.3, -0.25) is 4.79 Å². The lowest BCUT2D eigenvalue weighted by Gasteiger charge is -2.09. The standard InChI is InChI=1S/C22H21N3O5/c1-15-20(11-17(12-23)22(27)25-15)16-3-8-21(24-13-16)29-10-2-9-28-18-4-6-19(7-5-18)30-14-26/h3-8,11,13,26H,2,9-10,14H2,1H3,(H,25,27). The molecule has 0 aliphatic heterocycles. The highest BCUT2D eigenvalue weighted by Gasteiger charge is 2.08. The van der Waals surface area contributed by atoms with Gasteiger partial charge in [0.15, 0.2) is 6.79 Å². The lowest BCUT2D eigenvalue weighted by atomic mass is 10.0. The number of nitrogens with one attached hydrogen (secondary N) is 1. The summed E-state index contributed by atoms with van der Waals surface area (Å²) in [6.45, 7) is 2.33. The van der Waals surface area contributed by atoms with Gasteiger partial charge >= 0.3 is 0 Å². The van der Waals surface area contributed by atoms with Gasteiger partial charge in [-0.2, -0.15) is 5.26 Å². The molecule has 0 spiro atoms. The van der Waals surface area contributed by atoms with Crippen molar-refractivity contribution in [1.82, 2.24) is 9.97 Å². The zero-order valence-corrected chi connectivity index (χ0v) is 16.4. The molecule has 1 aromatic carbocycles. The second-order valence-corrected chi connectivity index (χ2v) is 6.34. The molecule has 0 atom stereocenters. The summed E-state index contributed by atoms with van der Waals surface area (Å²) in [6.07, 6.45) is 2.31. The Morgan fingerprint density at radius 1 is 1.07 bits per heavy atom. The SMILES string of the molecule is Cc1[nH]c(=O)c(C#N)cc1-c1ccc(OCCCOc2ccc(OCO)cc2)nc1. The van der Waals surface area contributed by atoms with E-state index < -0.39 is 5.56 Å². The summed E-state index contributed by atoms with van der Waals surface area (Å²) < 4.78 is 16.2. The number of aryl methyl sites for hydroxylation is 1. The quantitative estimate of drug-likeness (QED) is 0.414. The summed E-state index contributed by atoms with van der Waals surface area (Å²) in [5, 5.41) is 17.7. The van der Waals surface area contributed by atoms with Gasteiger partial charge in [-0.15, -0.1) is 0 Å². The normalized spacial score (nSPS) is 10.3. The molecule has 0 saturated carbocycles. The Morgan fingerprint density at radius 2 is 1.77 bits per heavy atom.